The van der Waals surface area contributed by atoms with Gasteiger partial charge in [0.05, 0.1) is 31.9 Å². The molecule has 0 amide bonds. The van der Waals surface area contributed by atoms with E-state index in [0.29, 0.717) is 22.7 Å². The Morgan fingerprint density at radius 1 is 0.774 bits per heavy atom. The van der Waals surface area contributed by atoms with Gasteiger partial charge in [0.25, 0.3) is 0 Å². The van der Waals surface area contributed by atoms with E-state index in [2.05, 4.69) is 39.0 Å². The van der Waals surface area contributed by atoms with Gasteiger partial charge in [0.1, 0.15) is 0 Å². The molecule has 0 N–H and O–H groups in total. The van der Waals surface area contributed by atoms with Crippen molar-refractivity contribution < 1.29 is 13.9 Å². The number of hydrogen-bond donors (Lipinski definition) is 0. The Labute approximate surface area is 187 Å². The molecule has 0 atom stereocenters. The lowest BCUT2D eigenvalue weighted by atomic mass is 10.3. The lowest BCUT2D eigenvalue weighted by Crippen LogP contribution is -2.37. The van der Waals surface area contributed by atoms with Gasteiger partial charge in [-0.3, -0.25) is 0 Å². The van der Waals surface area contributed by atoms with E-state index >= 15 is 0 Å². The molecule has 2 fully saturated rings. The first-order valence-corrected chi connectivity index (χ1v) is 11.3. The van der Waals surface area contributed by atoms with E-state index in [4.69, 9.17) is 21.3 Å². The third-order valence-corrected chi connectivity index (χ3v) is 6.36. The van der Waals surface area contributed by atoms with Crippen LogP contribution in [0.5, 0.6) is 5.88 Å². The first-order chi connectivity index (χ1) is 15.2. The Bertz CT molecular complexity index is 1040. The number of halogens is 1. The molecule has 0 saturated carbocycles. The monoisotopic (exact) mass is 438 g/mol. The summed E-state index contributed by atoms with van der Waals surface area (Å²) in [7, 11) is 1.57. The summed E-state index contributed by atoms with van der Waals surface area (Å²) in [4.78, 5) is 14.1. The molecule has 2 saturated heterocycles. The second kappa shape index (κ2) is 8.67. The minimum atomic E-state index is 0.355. The van der Waals surface area contributed by atoms with Gasteiger partial charge in [-0.2, -0.15) is 4.57 Å². The van der Waals surface area contributed by atoms with Crippen molar-refractivity contribution in [2.75, 3.05) is 43.1 Å². The molecule has 3 aromatic heterocycles. The van der Waals surface area contributed by atoms with Crippen LogP contribution < -0.4 is 23.7 Å². The van der Waals surface area contributed by atoms with Gasteiger partial charge in [-0.15, -0.1) is 0 Å². The topological polar surface area (TPSA) is 49.3 Å². The van der Waals surface area contributed by atoms with E-state index in [0.717, 1.165) is 26.2 Å². The number of anilines is 2. The van der Waals surface area contributed by atoms with Gasteiger partial charge in [-0.1, -0.05) is 11.6 Å². The van der Waals surface area contributed by atoms with Crippen LogP contribution in [0.4, 0.5) is 11.4 Å². The van der Waals surface area contributed by atoms with Crippen molar-refractivity contribution in [1.82, 2.24) is 9.97 Å². The van der Waals surface area contributed by atoms with Crippen molar-refractivity contribution in [1.29, 1.82) is 0 Å². The normalized spacial score (nSPS) is 16.2. The fourth-order valence-corrected chi connectivity index (χ4v) is 4.57. The summed E-state index contributed by atoms with van der Waals surface area (Å²) >= 11 is 6.58. The highest BCUT2D eigenvalue weighted by Crippen LogP contribution is 2.26. The fraction of sp³-hybridized carbons (Fsp3) is 0.391. The molecule has 160 valence electrons. The summed E-state index contributed by atoms with van der Waals surface area (Å²) in [6.45, 7) is 4.45. The van der Waals surface area contributed by atoms with Gasteiger partial charge in [-0.05, 0) is 42.8 Å². The summed E-state index contributed by atoms with van der Waals surface area (Å²) in [5.41, 5.74) is 2.44. The van der Waals surface area contributed by atoms with Crippen LogP contribution in [-0.4, -0.2) is 43.3 Å². The van der Waals surface area contributed by atoms with Crippen LogP contribution >= 0.6 is 11.6 Å². The molecule has 0 bridgehead atoms. The largest absolute Gasteiger partial charge is 0.481 e. The molecule has 0 unspecified atom stereocenters. The summed E-state index contributed by atoms with van der Waals surface area (Å²) in [6.07, 6.45) is 13.0. The number of ether oxygens (including phenoxy) is 1. The second-order valence-electron chi connectivity index (χ2n) is 7.99. The van der Waals surface area contributed by atoms with Crippen LogP contribution in [0.3, 0.4) is 0 Å². The fourth-order valence-electron chi connectivity index (χ4n) is 4.31. The summed E-state index contributed by atoms with van der Waals surface area (Å²) in [5, 5.41) is 0.388. The average molecular weight is 439 g/mol. The van der Waals surface area contributed by atoms with E-state index in [-0.39, 0.29) is 0 Å². The lowest BCUT2D eigenvalue weighted by molar-refractivity contribution is -0.614. The van der Waals surface area contributed by atoms with E-state index in [1.807, 2.05) is 33.9 Å². The summed E-state index contributed by atoms with van der Waals surface area (Å²) in [6, 6.07) is 8.42. The number of pyridine rings is 2. The van der Waals surface area contributed by atoms with E-state index < -0.39 is 0 Å². The molecule has 0 aromatic carbocycles. The van der Waals surface area contributed by atoms with Crippen LogP contribution in [0, 0.1) is 0 Å². The Hall–Kier alpha value is -2.93. The molecule has 31 heavy (non-hydrogen) atoms. The van der Waals surface area contributed by atoms with Crippen molar-refractivity contribution in [3.63, 3.8) is 0 Å². The number of hydrogen-bond acceptors (Lipinski definition) is 5. The molecule has 5 heterocycles. The Kier molecular flexibility index (Phi) is 5.59. The molecule has 0 radical (unpaired) electrons. The zero-order valence-electron chi connectivity index (χ0n) is 17.7. The minimum absolute atomic E-state index is 0.355. The highest BCUT2D eigenvalue weighted by molar-refractivity contribution is 6.33. The smallest absolute Gasteiger partial charge is 0.468 e. The minimum Gasteiger partial charge on any atom is -0.468 e. The molecule has 0 aliphatic carbocycles. The number of rotatable bonds is 5. The predicted octanol–water partition coefficient (Wildman–Crippen LogP) is 2.89. The summed E-state index contributed by atoms with van der Waals surface area (Å²) in [5.74, 6) is 1.46. The van der Waals surface area contributed by atoms with E-state index in [1.165, 1.54) is 37.1 Å². The van der Waals surface area contributed by atoms with Crippen molar-refractivity contribution in [3.05, 3.63) is 54.1 Å². The molecular formula is C23H27ClN6O+2. The third-order valence-electron chi connectivity index (χ3n) is 6.03. The second-order valence-corrected chi connectivity index (χ2v) is 8.36. The zero-order valence-corrected chi connectivity index (χ0v) is 18.5. The van der Waals surface area contributed by atoms with Crippen LogP contribution in [0.2, 0.25) is 5.02 Å². The molecule has 0 spiro atoms. The van der Waals surface area contributed by atoms with Gasteiger partial charge in [0, 0.05) is 54.7 Å². The number of nitrogens with zero attached hydrogens (tertiary/aromatic N) is 6. The van der Waals surface area contributed by atoms with E-state index in [1.54, 1.807) is 7.11 Å². The van der Waals surface area contributed by atoms with Crippen molar-refractivity contribution in [2.24, 2.45) is 0 Å². The van der Waals surface area contributed by atoms with Crippen LogP contribution in [-0.2, 0) is 0 Å². The molecule has 5 rings (SSSR count). The van der Waals surface area contributed by atoms with Crippen molar-refractivity contribution >= 4 is 23.0 Å². The molecule has 8 heteroatoms. The molecule has 3 aromatic rings. The van der Waals surface area contributed by atoms with Gasteiger partial charge < -0.3 is 14.5 Å². The highest BCUT2D eigenvalue weighted by atomic mass is 35.5. The molecular weight excluding hydrogens is 412 g/mol. The quantitative estimate of drug-likeness (QED) is 0.573. The van der Waals surface area contributed by atoms with Crippen LogP contribution in [0.15, 0.2) is 49.1 Å². The first kappa shape index (κ1) is 20.0. The Balaban J connectivity index is 1.47. The maximum Gasteiger partial charge on any atom is 0.481 e. The van der Waals surface area contributed by atoms with Gasteiger partial charge in [0.15, 0.2) is 0 Å². The average Bonchev–Trinajstić information content (AvgIpc) is 3.54. The van der Waals surface area contributed by atoms with Crippen molar-refractivity contribution in [2.45, 2.75) is 25.7 Å². The van der Waals surface area contributed by atoms with Crippen molar-refractivity contribution in [3.8, 4) is 17.6 Å². The van der Waals surface area contributed by atoms with Crippen LogP contribution in [0.25, 0.3) is 11.8 Å². The van der Waals surface area contributed by atoms with E-state index in [9.17, 15) is 0 Å². The first-order valence-electron chi connectivity index (χ1n) is 10.9. The Morgan fingerprint density at radius 2 is 1.26 bits per heavy atom. The number of methoxy groups -OCH3 is 1. The van der Waals surface area contributed by atoms with Gasteiger partial charge in [-0.25, -0.2) is 4.57 Å². The predicted molar refractivity (Wildman–Crippen MR) is 120 cm³/mol. The third kappa shape index (κ3) is 4.02. The zero-order chi connectivity index (χ0) is 21.2. The SMILES string of the molecule is COc1nc(-[n+]2ccc(N3CCCC3)cc2)nc(-[n+]2ccc(N3CCCC3)cc2)c1Cl. The summed E-state index contributed by atoms with van der Waals surface area (Å²) < 4.78 is 9.25. The lowest BCUT2D eigenvalue weighted by Gasteiger charge is -2.17. The highest BCUT2D eigenvalue weighted by Gasteiger charge is 2.28. The van der Waals surface area contributed by atoms with Gasteiger partial charge in [0.2, 0.25) is 5.02 Å². The maximum absolute atomic E-state index is 6.58. The molecule has 2 aliphatic rings. The molecule has 2 aliphatic heterocycles. The van der Waals surface area contributed by atoms with Crippen LogP contribution in [0.1, 0.15) is 25.7 Å². The maximum atomic E-state index is 6.58. The van der Waals surface area contributed by atoms with Gasteiger partial charge >= 0.3 is 17.6 Å². The standard InChI is InChI=1S/C23H27ClN6O/c1-31-22-20(24)21(29-14-6-18(7-15-29)27-10-2-3-11-27)25-23(26-22)30-16-8-19(9-17-30)28-12-4-5-13-28/h6-9,14-17H,2-5,10-13H2,1H3/q+2. The number of aromatic nitrogens is 4. The Morgan fingerprint density at radius 3 is 1.74 bits per heavy atom. The molecule has 7 nitrogen and oxygen atoms in total.